The van der Waals surface area contributed by atoms with E-state index in [1.54, 1.807) is 0 Å². The maximum Gasteiger partial charge on any atom is 0.150 e. The molecule has 1 N–H and O–H groups in total. The van der Waals surface area contributed by atoms with Crippen LogP contribution in [0.15, 0.2) is 0 Å². The molecule has 0 aliphatic rings. The minimum atomic E-state index is -2.84. The van der Waals surface area contributed by atoms with Crippen LogP contribution in [0.3, 0.4) is 0 Å². The summed E-state index contributed by atoms with van der Waals surface area (Å²) in [4.78, 5) is 0. The molecule has 0 spiro atoms. The number of hydrogen-bond acceptors (Lipinski definition) is 3. The van der Waals surface area contributed by atoms with E-state index in [-0.39, 0.29) is 5.92 Å². The van der Waals surface area contributed by atoms with Gasteiger partial charge >= 0.3 is 0 Å². The highest BCUT2D eigenvalue weighted by molar-refractivity contribution is 7.91. The Labute approximate surface area is 107 Å². The van der Waals surface area contributed by atoms with Gasteiger partial charge in [0, 0.05) is 6.04 Å². The minimum Gasteiger partial charge on any atom is -0.314 e. The Morgan fingerprint density at radius 3 is 2.24 bits per heavy atom. The van der Waals surface area contributed by atoms with Gasteiger partial charge in [-0.3, -0.25) is 0 Å². The van der Waals surface area contributed by atoms with Gasteiger partial charge in [0.2, 0.25) is 0 Å². The fourth-order valence-corrected chi connectivity index (χ4v) is 3.80. The highest BCUT2D eigenvalue weighted by Gasteiger charge is 2.15. The summed E-state index contributed by atoms with van der Waals surface area (Å²) < 4.78 is 23.6. The molecule has 0 amide bonds. The van der Waals surface area contributed by atoms with Gasteiger partial charge in [-0.25, -0.2) is 8.42 Å². The molecule has 0 aromatic heterocycles. The van der Waals surface area contributed by atoms with Crippen LogP contribution in [0, 0.1) is 5.92 Å². The van der Waals surface area contributed by atoms with E-state index in [2.05, 4.69) is 19.2 Å². The second-order valence-electron chi connectivity index (χ2n) is 4.93. The van der Waals surface area contributed by atoms with Gasteiger partial charge in [0.25, 0.3) is 0 Å². The summed E-state index contributed by atoms with van der Waals surface area (Å²) in [7, 11) is -2.84. The number of rotatable bonds is 10. The lowest BCUT2D eigenvalue weighted by Crippen LogP contribution is -2.28. The van der Waals surface area contributed by atoms with Crippen molar-refractivity contribution in [1.29, 1.82) is 0 Å². The Morgan fingerprint density at radius 1 is 1.12 bits per heavy atom. The molecule has 0 bridgehead atoms. The summed E-state index contributed by atoms with van der Waals surface area (Å²) in [5, 5.41) is 3.38. The second-order valence-corrected chi connectivity index (χ2v) is 7.16. The standard InChI is InChI=1S/C13H29NO2S/c1-5-12(4)11-17(15,16)10-8-9-13(6-2)14-7-3/h12-14H,5-11H2,1-4H3. The van der Waals surface area contributed by atoms with Crippen LogP contribution >= 0.6 is 0 Å². The number of sulfone groups is 1. The molecule has 104 valence electrons. The first-order valence-electron chi connectivity index (χ1n) is 6.88. The molecule has 0 heterocycles. The molecule has 0 rings (SSSR count). The van der Waals surface area contributed by atoms with Gasteiger partial charge in [0.05, 0.1) is 11.5 Å². The molecule has 0 radical (unpaired) electrons. The van der Waals surface area contributed by atoms with Crippen molar-refractivity contribution in [3.05, 3.63) is 0 Å². The molecule has 0 saturated heterocycles. The van der Waals surface area contributed by atoms with Gasteiger partial charge in [0.1, 0.15) is 0 Å². The van der Waals surface area contributed by atoms with E-state index < -0.39 is 9.84 Å². The van der Waals surface area contributed by atoms with E-state index in [9.17, 15) is 8.42 Å². The van der Waals surface area contributed by atoms with Gasteiger partial charge in [-0.15, -0.1) is 0 Å². The predicted octanol–water partition coefficient (Wildman–Crippen LogP) is 2.62. The van der Waals surface area contributed by atoms with E-state index in [0.29, 0.717) is 17.5 Å². The summed E-state index contributed by atoms with van der Waals surface area (Å²) in [5.74, 6) is 0.983. The van der Waals surface area contributed by atoms with Crippen molar-refractivity contribution in [2.45, 2.75) is 59.4 Å². The monoisotopic (exact) mass is 263 g/mol. The Kier molecular flexibility index (Phi) is 8.88. The summed E-state index contributed by atoms with van der Waals surface area (Å²) in [6, 6.07) is 0.471. The zero-order valence-electron chi connectivity index (χ0n) is 11.8. The van der Waals surface area contributed by atoms with Gasteiger partial charge in [0.15, 0.2) is 9.84 Å². The first kappa shape index (κ1) is 16.9. The van der Waals surface area contributed by atoms with Crippen molar-refractivity contribution >= 4 is 9.84 Å². The van der Waals surface area contributed by atoms with Crippen LogP contribution in [0.5, 0.6) is 0 Å². The zero-order chi connectivity index (χ0) is 13.3. The maximum atomic E-state index is 11.8. The van der Waals surface area contributed by atoms with Gasteiger partial charge in [-0.05, 0) is 31.7 Å². The minimum absolute atomic E-state index is 0.288. The molecule has 0 aromatic carbocycles. The maximum absolute atomic E-state index is 11.8. The highest BCUT2D eigenvalue weighted by Crippen LogP contribution is 2.09. The Balaban J connectivity index is 3.93. The molecule has 2 atom stereocenters. The molecule has 2 unspecified atom stereocenters. The van der Waals surface area contributed by atoms with Crippen LogP contribution in [-0.4, -0.2) is 32.5 Å². The quantitative estimate of drug-likeness (QED) is 0.659. The molecule has 4 heteroatoms. The molecule has 3 nitrogen and oxygen atoms in total. The van der Waals surface area contributed by atoms with Crippen molar-refractivity contribution < 1.29 is 8.42 Å². The number of nitrogens with one attached hydrogen (secondary N) is 1. The van der Waals surface area contributed by atoms with Gasteiger partial charge in [-0.2, -0.15) is 0 Å². The summed E-state index contributed by atoms with van der Waals surface area (Å²) in [6.07, 6.45) is 3.75. The third-order valence-corrected chi connectivity index (χ3v) is 5.22. The summed E-state index contributed by atoms with van der Waals surface area (Å²) >= 11 is 0. The van der Waals surface area contributed by atoms with Crippen molar-refractivity contribution in [2.75, 3.05) is 18.1 Å². The fourth-order valence-electron chi connectivity index (χ4n) is 1.92. The third kappa shape index (κ3) is 8.61. The van der Waals surface area contributed by atoms with E-state index in [4.69, 9.17) is 0 Å². The number of hydrogen-bond donors (Lipinski definition) is 1. The van der Waals surface area contributed by atoms with Gasteiger partial charge in [-0.1, -0.05) is 34.1 Å². The molecule has 17 heavy (non-hydrogen) atoms. The average Bonchev–Trinajstić information content (AvgIpc) is 2.26. The topological polar surface area (TPSA) is 46.2 Å². The van der Waals surface area contributed by atoms with E-state index in [1.807, 2.05) is 13.8 Å². The second kappa shape index (κ2) is 8.92. The lowest BCUT2D eigenvalue weighted by atomic mass is 10.1. The van der Waals surface area contributed by atoms with E-state index in [0.717, 1.165) is 32.2 Å². The predicted molar refractivity (Wildman–Crippen MR) is 75.1 cm³/mol. The lowest BCUT2D eigenvalue weighted by Gasteiger charge is -2.15. The van der Waals surface area contributed by atoms with Crippen LogP contribution in [0.2, 0.25) is 0 Å². The largest absolute Gasteiger partial charge is 0.314 e. The highest BCUT2D eigenvalue weighted by atomic mass is 32.2. The van der Waals surface area contributed by atoms with E-state index in [1.165, 1.54) is 0 Å². The normalized spacial score (nSPS) is 15.8. The average molecular weight is 263 g/mol. The Bertz CT molecular complexity index is 275. The smallest absolute Gasteiger partial charge is 0.150 e. The van der Waals surface area contributed by atoms with Crippen LogP contribution in [0.4, 0.5) is 0 Å². The molecule has 0 saturated carbocycles. The van der Waals surface area contributed by atoms with Crippen molar-refractivity contribution in [3.8, 4) is 0 Å². The van der Waals surface area contributed by atoms with Gasteiger partial charge < -0.3 is 5.32 Å². The van der Waals surface area contributed by atoms with Crippen LogP contribution in [0.1, 0.15) is 53.4 Å². The lowest BCUT2D eigenvalue weighted by molar-refractivity contribution is 0.474. The van der Waals surface area contributed by atoms with Crippen LogP contribution in [0.25, 0.3) is 0 Å². The first-order chi connectivity index (χ1) is 7.95. The van der Waals surface area contributed by atoms with Crippen molar-refractivity contribution in [1.82, 2.24) is 5.32 Å². The Morgan fingerprint density at radius 2 is 1.76 bits per heavy atom. The molecule has 0 aliphatic carbocycles. The Hall–Kier alpha value is -0.0900. The molecule has 0 fully saturated rings. The van der Waals surface area contributed by atoms with E-state index >= 15 is 0 Å². The summed E-state index contributed by atoms with van der Waals surface area (Å²) in [6.45, 7) is 9.23. The van der Waals surface area contributed by atoms with Crippen molar-refractivity contribution in [2.24, 2.45) is 5.92 Å². The first-order valence-corrected chi connectivity index (χ1v) is 8.71. The summed E-state index contributed by atoms with van der Waals surface area (Å²) in [5.41, 5.74) is 0. The van der Waals surface area contributed by atoms with Crippen molar-refractivity contribution in [3.63, 3.8) is 0 Å². The fraction of sp³-hybridized carbons (Fsp3) is 1.00. The van der Waals surface area contributed by atoms with Crippen LogP contribution < -0.4 is 5.32 Å². The molecule has 0 aliphatic heterocycles. The molecular weight excluding hydrogens is 234 g/mol. The zero-order valence-corrected chi connectivity index (χ0v) is 12.6. The third-order valence-electron chi connectivity index (χ3n) is 3.23. The SMILES string of the molecule is CCNC(CC)CCCS(=O)(=O)CC(C)CC. The molecular formula is C13H29NO2S. The molecule has 0 aromatic rings. The van der Waals surface area contributed by atoms with Crippen LogP contribution in [-0.2, 0) is 9.84 Å².